The molecule has 0 saturated heterocycles. The quantitative estimate of drug-likeness (QED) is 0.141. The van der Waals surface area contributed by atoms with E-state index in [1.807, 2.05) is 20.8 Å². The first-order chi connectivity index (χ1) is 8.46. The van der Waals surface area contributed by atoms with Gasteiger partial charge in [0.2, 0.25) is 0 Å². The highest BCUT2D eigenvalue weighted by atomic mass is 127. The molecule has 0 amide bonds. The van der Waals surface area contributed by atoms with Crippen molar-refractivity contribution < 1.29 is 60.5 Å². The number of alkyl halides is 7. The molecule has 0 aromatic rings. The van der Waals surface area contributed by atoms with E-state index in [1.165, 1.54) is 0 Å². The second-order valence-electron chi connectivity index (χ2n) is 4.25. The summed E-state index contributed by atoms with van der Waals surface area (Å²) in [5.74, 6) is 2.79. The summed E-state index contributed by atoms with van der Waals surface area (Å²) in [4.78, 5) is 0. The van der Waals surface area contributed by atoms with E-state index < -0.39 is 47.4 Å². The molecule has 0 spiro atoms. The molecule has 0 atom stereocenters. The lowest BCUT2D eigenvalue weighted by atomic mass is 9.99. The van der Waals surface area contributed by atoms with Crippen molar-refractivity contribution in [3.05, 3.63) is 0 Å². The molecule has 0 aromatic heterocycles. The fourth-order valence-electron chi connectivity index (χ4n) is 0.284. The Morgan fingerprint density at radius 2 is 1.40 bits per heavy atom. The highest BCUT2D eigenvalue weighted by molar-refractivity contribution is 7.86. The maximum Gasteiger partial charge on any atom is 0.485 e. The summed E-state index contributed by atoms with van der Waals surface area (Å²) in [6.07, 6.45) is -4.03. The van der Waals surface area contributed by atoms with Crippen molar-refractivity contribution in [3.8, 4) is 9.85 Å². The van der Waals surface area contributed by atoms with Gasteiger partial charge in [0.25, 0.3) is 4.43 Å². The zero-order valence-corrected chi connectivity index (χ0v) is 13.5. The topological polar surface area (TPSA) is 57.2 Å². The van der Waals surface area contributed by atoms with Crippen LogP contribution in [0.1, 0.15) is 20.8 Å². The fraction of sp³-hybridized carbons (Fsp3) is 0.778. The van der Waals surface area contributed by atoms with Crippen LogP contribution in [0.25, 0.3) is 0 Å². The molecule has 0 aliphatic rings. The third-order valence-electron chi connectivity index (χ3n) is 0.991. The van der Waals surface area contributed by atoms with E-state index >= 15 is 0 Å². The molecule has 0 aliphatic heterocycles. The standard InChI is InChI=1S/C8H11F3I.CHF3O3S/c1-7(2,3)4-5-12-6-8(9,10)11;2-1(3,4)8(5,6)7/h6H2,1-3H3;(H,5,6,7)/q+1;/p-1. The van der Waals surface area contributed by atoms with Crippen LogP contribution in [-0.4, -0.2) is 29.1 Å². The highest BCUT2D eigenvalue weighted by Gasteiger charge is 2.37. The second kappa shape index (κ2) is 7.69. The summed E-state index contributed by atoms with van der Waals surface area (Å²) in [6, 6.07) is 0. The SMILES string of the molecule is CC(C)(C)C#C[I+]CC(F)(F)F.O=S(=O)([O-])C(F)(F)F. The average molecular weight is 440 g/mol. The van der Waals surface area contributed by atoms with Crippen molar-refractivity contribution >= 4 is 10.1 Å². The van der Waals surface area contributed by atoms with Crippen molar-refractivity contribution in [1.29, 1.82) is 0 Å². The maximum absolute atomic E-state index is 11.6. The summed E-state index contributed by atoms with van der Waals surface area (Å²) in [7, 11) is -6.09. The van der Waals surface area contributed by atoms with Gasteiger partial charge in [0, 0.05) is 5.41 Å². The van der Waals surface area contributed by atoms with Crippen LogP contribution in [0.2, 0.25) is 0 Å². The van der Waals surface area contributed by atoms with Crippen molar-refractivity contribution in [3.63, 3.8) is 0 Å². The van der Waals surface area contributed by atoms with Gasteiger partial charge in [-0.05, 0) is 26.7 Å². The predicted octanol–water partition coefficient (Wildman–Crippen LogP) is -0.304. The van der Waals surface area contributed by atoms with Crippen molar-refractivity contribution in [2.75, 3.05) is 4.43 Å². The highest BCUT2D eigenvalue weighted by Crippen LogP contribution is 2.20. The van der Waals surface area contributed by atoms with E-state index in [9.17, 15) is 26.3 Å². The van der Waals surface area contributed by atoms with Gasteiger partial charge in [-0.1, -0.05) is 0 Å². The summed E-state index contributed by atoms with van der Waals surface area (Å²) in [6.45, 7) is 5.66. The molecule has 3 nitrogen and oxygen atoms in total. The summed E-state index contributed by atoms with van der Waals surface area (Å²) >= 11 is -1.02. The van der Waals surface area contributed by atoms with E-state index in [1.54, 1.807) is 0 Å². The lowest BCUT2D eigenvalue weighted by Gasteiger charge is -2.08. The first-order valence-electron chi connectivity index (χ1n) is 4.65. The fourth-order valence-corrected chi connectivity index (χ4v) is 1.91. The molecular formula is C9H11F6IO3S. The zero-order chi connectivity index (χ0) is 16.8. The Hall–Kier alpha value is -0.220. The smallest absolute Gasteiger partial charge is 0.485 e. The lowest BCUT2D eigenvalue weighted by Crippen LogP contribution is -3.61. The van der Waals surface area contributed by atoms with Gasteiger partial charge in [-0.3, -0.25) is 0 Å². The van der Waals surface area contributed by atoms with Crippen molar-refractivity contribution in [1.82, 2.24) is 0 Å². The Balaban J connectivity index is 0. The number of rotatable bonds is 1. The lowest BCUT2D eigenvalue weighted by molar-refractivity contribution is -0.596. The molecule has 20 heavy (non-hydrogen) atoms. The number of halogens is 7. The van der Waals surface area contributed by atoms with Gasteiger partial charge in [-0.2, -0.15) is 26.3 Å². The van der Waals surface area contributed by atoms with Gasteiger partial charge in [0.1, 0.15) is 0 Å². The van der Waals surface area contributed by atoms with E-state index in [0.717, 1.165) is 0 Å². The second-order valence-corrected chi connectivity index (χ2v) is 7.69. The molecule has 0 N–H and O–H groups in total. The molecule has 0 aromatic carbocycles. The molecule has 11 heteroatoms. The molecular weight excluding hydrogens is 429 g/mol. The Morgan fingerprint density at radius 3 is 1.60 bits per heavy atom. The van der Waals surface area contributed by atoms with Gasteiger partial charge < -0.3 is 4.55 Å². The minimum Gasteiger partial charge on any atom is -0.741 e. The summed E-state index contributed by atoms with van der Waals surface area (Å²) in [5.41, 5.74) is -5.82. The molecule has 0 rings (SSSR count). The van der Waals surface area contributed by atoms with Crippen LogP contribution >= 0.6 is 0 Å². The predicted molar refractivity (Wildman–Crippen MR) is 53.9 cm³/mol. The first-order valence-corrected chi connectivity index (χ1v) is 8.66. The maximum atomic E-state index is 11.6. The Kier molecular flexibility index (Phi) is 8.49. The van der Waals surface area contributed by atoms with Crippen LogP contribution < -0.4 is 21.2 Å². The van der Waals surface area contributed by atoms with Crippen LogP contribution in [0.5, 0.6) is 0 Å². The van der Waals surface area contributed by atoms with Crippen molar-refractivity contribution in [2.45, 2.75) is 32.5 Å². The Morgan fingerprint density at radius 1 is 1.05 bits per heavy atom. The van der Waals surface area contributed by atoms with Crippen LogP contribution in [0.15, 0.2) is 0 Å². The van der Waals surface area contributed by atoms with Crippen LogP contribution in [-0.2, 0) is 10.1 Å². The molecule has 0 fully saturated rings. The zero-order valence-electron chi connectivity index (χ0n) is 10.5. The van der Waals surface area contributed by atoms with E-state index in [2.05, 4.69) is 9.85 Å². The van der Waals surface area contributed by atoms with Gasteiger partial charge in [-0.15, -0.1) is 0 Å². The van der Waals surface area contributed by atoms with E-state index in [-0.39, 0.29) is 5.41 Å². The summed E-state index contributed by atoms with van der Waals surface area (Å²) < 4.78 is 95.7. The molecule has 0 aliphatic carbocycles. The third-order valence-corrected chi connectivity index (χ3v) is 3.46. The average Bonchev–Trinajstić information content (AvgIpc) is 2.07. The van der Waals surface area contributed by atoms with Crippen molar-refractivity contribution in [2.24, 2.45) is 5.41 Å². The molecule has 0 bridgehead atoms. The largest absolute Gasteiger partial charge is 0.741 e. The minimum atomic E-state index is -6.09. The first kappa shape index (κ1) is 22.1. The van der Waals surface area contributed by atoms with Crippen LogP contribution in [0.3, 0.4) is 0 Å². The minimum absolute atomic E-state index is 0.175. The van der Waals surface area contributed by atoms with Gasteiger partial charge in [0.15, 0.2) is 14.0 Å². The number of hydrogen-bond donors (Lipinski definition) is 0. The Labute approximate surface area is 123 Å². The number of hydrogen-bond acceptors (Lipinski definition) is 3. The Bertz CT molecular complexity index is 449. The van der Waals surface area contributed by atoms with E-state index in [0.29, 0.717) is 0 Å². The summed E-state index contributed by atoms with van der Waals surface area (Å²) in [5, 5.41) is 0. The van der Waals surface area contributed by atoms with Crippen LogP contribution in [0.4, 0.5) is 26.3 Å². The van der Waals surface area contributed by atoms with Gasteiger partial charge >= 0.3 is 32.9 Å². The third kappa shape index (κ3) is 15.8. The molecule has 0 radical (unpaired) electrons. The van der Waals surface area contributed by atoms with Crippen LogP contribution in [0, 0.1) is 15.3 Å². The normalized spacial score (nSPS) is 12.9. The van der Waals surface area contributed by atoms with Gasteiger partial charge in [-0.25, -0.2) is 8.42 Å². The van der Waals surface area contributed by atoms with Gasteiger partial charge in [0.05, 0.1) is 0 Å². The van der Waals surface area contributed by atoms with E-state index in [4.69, 9.17) is 13.0 Å². The molecule has 0 saturated carbocycles. The molecule has 0 unspecified atom stereocenters. The monoisotopic (exact) mass is 440 g/mol. The molecule has 0 heterocycles. The molecule has 120 valence electrons.